The van der Waals surface area contributed by atoms with Crippen molar-refractivity contribution >= 4 is 39.3 Å². The Balaban J connectivity index is 1.41. The van der Waals surface area contributed by atoms with Crippen molar-refractivity contribution in [2.24, 2.45) is 0 Å². The Morgan fingerprint density at radius 1 is 1.07 bits per heavy atom. The molecule has 28 heavy (non-hydrogen) atoms. The maximum absolute atomic E-state index is 6.23. The first-order valence-electron chi connectivity index (χ1n) is 9.18. The van der Waals surface area contributed by atoms with E-state index in [0.29, 0.717) is 18.2 Å². The summed E-state index contributed by atoms with van der Waals surface area (Å²) < 4.78 is 0. The summed E-state index contributed by atoms with van der Waals surface area (Å²) in [5.41, 5.74) is 12.6. The number of nitrogens with zero attached hydrogens (tertiary/aromatic N) is 2. The lowest BCUT2D eigenvalue weighted by molar-refractivity contribution is 1.09. The van der Waals surface area contributed by atoms with Gasteiger partial charge in [-0.25, -0.2) is 4.98 Å². The lowest BCUT2D eigenvalue weighted by Gasteiger charge is -2.09. The van der Waals surface area contributed by atoms with E-state index in [4.69, 9.17) is 5.73 Å². The van der Waals surface area contributed by atoms with Crippen molar-refractivity contribution in [3.8, 4) is 0 Å². The average molecular weight is 368 g/mol. The molecule has 0 aliphatic heterocycles. The van der Waals surface area contributed by atoms with E-state index in [1.807, 2.05) is 31.3 Å². The first-order chi connectivity index (χ1) is 13.7. The van der Waals surface area contributed by atoms with Crippen LogP contribution in [-0.4, -0.2) is 19.9 Å². The van der Waals surface area contributed by atoms with Gasteiger partial charge in [0.25, 0.3) is 0 Å². The fourth-order valence-electron chi connectivity index (χ4n) is 3.57. The van der Waals surface area contributed by atoms with Crippen LogP contribution in [0.15, 0.2) is 60.9 Å². The van der Waals surface area contributed by atoms with Gasteiger partial charge in [-0.05, 0) is 54.3 Å². The quantitative estimate of drug-likeness (QED) is 0.371. The van der Waals surface area contributed by atoms with Gasteiger partial charge in [-0.1, -0.05) is 12.1 Å². The number of anilines is 3. The van der Waals surface area contributed by atoms with E-state index in [2.05, 4.69) is 55.6 Å². The van der Waals surface area contributed by atoms with Crippen LogP contribution in [0.25, 0.3) is 21.8 Å². The second-order valence-electron chi connectivity index (χ2n) is 7.02. The molecule has 3 aromatic heterocycles. The van der Waals surface area contributed by atoms with Gasteiger partial charge in [-0.15, -0.1) is 0 Å². The minimum Gasteiger partial charge on any atom is -0.383 e. The second kappa shape index (κ2) is 6.42. The Morgan fingerprint density at radius 2 is 2.00 bits per heavy atom. The molecule has 6 heteroatoms. The molecule has 0 aliphatic carbocycles. The number of nitrogens with two attached hydrogens (primary N) is 1. The maximum Gasteiger partial charge on any atom is 0.229 e. The zero-order chi connectivity index (χ0) is 19.1. The third-order valence-electron chi connectivity index (χ3n) is 4.96. The van der Waals surface area contributed by atoms with Gasteiger partial charge in [0.05, 0.1) is 5.69 Å². The molecule has 0 radical (unpaired) electrons. The molecule has 0 saturated carbocycles. The van der Waals surface area contributed by atoms with E-state index in [-0.39, 0.29) is 0 Å². The zero-order valence-electron chi connectivity index (χ0n) is 15.5. The summed E-state index contributed by atoms with van der Waals surface area (Å²) in [5.74, 6) is 0.984. The molecule has 0 atom stereocenters. The largest absolute Gasteiger partial charge is 0.383 e. The van der Waals surface area contributed by atoms with Crippen molar-refractivity contribution in [2.75, 3.05) is 11.1 Å². The van der Waals surface area contributed by atoms with Crippen LogP contribution in [-0.2, 0) is 6.42 Å². The van der Waals surface area contributed by atoms with E-state index >= 15 is 0 Å². The van der Waals surface area contributed by atoms with Gasteiger partial charge < -0.3 is 21.0 Å². The van der Waals surface area contributed by atoms with Gasteiger partial charge in [0.1, 0.15) is 5.82 Å². The summed E-state index contributed by atoms with van der Waals surface area (Å²) in [4.78, 5) is 15.5. The number of aryl methyl sites for hydroxylation is 1. The maximum atomic E-state index is 6.23. The van der Waals surface area contributed by atoms with Gasteiger partial charge in [-0.3, -0.25) is 0 Å². The molecule has 5 N–H and O–H groups in total. The second-order valence-corrected chi connectivity index (χ2v) is 7.02. The van der Waals surface area contributed by atoms with E-state index in [9.17, 15) is 0 Å². The minimum atomic E-state index is 0.490. The Labute approximate surface area is 161 Å². The van der Waals surface area contributed by atoms with E-state index in [1.165, 1.54) is 10.9 Å². The first kappa shape index (κ1) is 16.4. The Hall–Kier alpha value is -3.80. The van der Waals surface area contributed by atoms with Crippen LogP contribution >= 0.6 is 0 Å². The Kier molecular flexibility index (Phi) is 3.76. The van der Waals surface area contributed by atoms with Gasteiger partial charge in [0.15, 0.2) is 0 Å². The highest BCUT2D eigenvalue weighted by Gasteiger charge is 2.09. The fourth-order valence-corrected chi connectivity index (χ4v) is 3.57. The number of nitrogens with one attached hydrogen (secondary N) is 3. The molecule has 3 heterocycles. The molecule has 138 valence electrons. The molecule has 0 amide bonds. The number of aromatic amines is 2. The lowest BCUT2D eigenvalue weighted by Crippen LogP contribution is -2.04. The molecule has 0 unspecified atom stereocenters. The van der Waals surface area contributed by atoms with Crippen LogP contribution in [0.3, 0.4) is 0 Å². The standard InChI is InChI=1S/C22H20N6/c1-13-9-17-19(26-13)3-2-4-20(17)27-22-25-12-16(21(23)28-22)11-14-5-6-18-15(10-14)7-8-24-18/h2-10,12,24,26H,11H2,1H3,(H3,23,25,27,28). The number of aromatic nitrogens is 4. The summed E-state index contributed by atoms with van der Waals surface area (Å²) in [6.45, 7) is 2.04. The van der Waals surface area contributed by atoms with Crippen molar-refractivity contribution in [1.29, 1.82) is 0 Å². The Bertz CT molecular complexity index is 1300. The predicted molar refractivity (Wildman–Crippen MR) is 114 cm³/mol. The molecule has 6 nitrogen and oxygen atoms in total. The monoisotopic (exact) mass is 368 g/mol. The van der Waals surface area contributed by atoms with E-state index in [0.717, 1.165) is 33.4 Å². The fraction of sp³-hybridized carbons (Fsp3) is 0.0909. The van der Waals surface area contributed by atoms with E-state index < -0.39 is 0 Å². The molecule has 0 fully saturated rings. The number of nitrogen functional groups attached to an aromatic ring is 1. The number of hydrogen-bond acceptors (Lipinski definition) is 4. The number of hydrogen-bond donors (Lipinski definition) is 4. The molecule has 0 spiro atoms. The highest BCUT2D eigenvalue weighted by atomic mass is 15.1. The third kappa shape index (κ3) is 2.95. The summed E-state index contributed by atoms with van der Waals surface area (Å²) in [5, 5.41) is 5.57. The van der Waals surface area contributed by atoms with Crippen molar-refractivity contribution in [3.05, 3.63) is 77.7 Å². The summed E-state index contributed by atoms with van der Waals surface area (Å²) in [6.07, 6.45) is 4.44. The zero-order valence-corrected chi connectivity index (χ0v) is 15.5. The lowest BCUT2D eigenvalue weighted by atomic mass is 10.1. The normalized spacial score (nSPS) is 11.3. The molecule has 5 rings (SSSR count). The van der Waals surface area contributed by atoms with Crippen molar-refractivity contribution in [3.63, 3.8) is 0 Å². The number of fused-ring (bicyclic) bond motifs is 2. The van der Waals surface area contributed by atoms with Crippen molar-refractivity contribution in [2.45, 2.75) is 13.3 Å². The van der Waals surface area contributed by atoms with Crippen molar-refractivity contribution < 1.29 is 0 Å². The highest BCUT2D eigenvalue weighted by molar-refractivity contribution is 5.93. The molecule has 2 aromatic carbocycles. The van der Waals surface area contributed by atoms with Gasteiger partial charge in [-0.2, -0.15) is 4.98 Å². The SMILES string of the molecule is Cc1cc2c(Nc3ncc(Cc4ccc5[nH]ccc5c4)c(N)n3)cccc2[nH]1. The molecule has 0 saturated heterocycles. The minimum absolute atomic E-state index is 0.490. The third-order valence-corrected chi connectivity index (χ3v) is 4.96. The van der Waals surface area contributed by atoms with Gasteiger partial charge in [0, 0.05) is 46.5 Å². The van der Waals surface area contributed by atoms with Crippen LogP contribution in [0.2, 0.25) is 0 Å². The van der Waals surface area contributed by atoms with Crippen LogP contribution in [0.5, 0.6) is 0 Å². The number of benzene rings is 2. The van der Waals surface area contributed by atoms with E-state index in [1.54, 1.807) is 6.20 Å². The smallest absolute Gasteiger partial charge is 0.229 e. The Morgan fingerprint density at radius 3 is 2.89 bits per heavy atom. The first-order valence-corrected chi connectivity index (χ1v) is 9.18. The topological polar surface area (TPSA) is 95.4 Å². The number of H-pyrrole nitrogens is 2. The van der Waals surface area contributed by atoms with Crippen LogP contribution in [0.1, 0.15) is 16.8 Å². The average Bonchev–Trinajstić information content (AvgIpc) is 3.29. The molecular weight excluding hydrogens is 348 g/mol. The van der Waals surface area contributed by atoms with Gasteiger partial charge >= 0.3 is 0 Å². The van der Waals surface area contributed by atoms with Crippen molar-refractivity contribution in [1.82, 2.24) is 19.9 Å². The predicted octanol–water partition coefficient (Wildman–Crippen LogP) is 4.66. The van der Waals surface area contributed by atoms with Crippen LogP contribution in [0, 0.1) is 6.92 Å². The number of rotatable bonds is 4. The summed E-state index contributed by atoms with van der Waals surface area (Å²) >= 11 is 0. The summed E-state index contributed by atoms with van der Waals surface area (Å²) in [7, 11) is 0. The molecule has 0 aliphatic rings. The molecule has 5 aromatic rings. The molecular formula is C22H20N6. The van der Waals surface area contributed by atoms with Crippen LogP contribution < -0.4 is 11.1 Å². The summed E-state index contributed by atoms with van der Waals surface area (Å²) in [6, 6.07) is 16.6. The highest BCUT2D eigenvalue weighted by Crippen LogP contribution is 2.27. The molecule has 0 bridgehead atoms. The van der Waals surface area contributed by atoms with Gasteiger partial charge in [0.2, 0.25) is 5.95 Å². The van der Waals surface area contributed by atoms with Crippen LogP contribution in [0.4, 0.5) is 17.5 Å².